The van der Waals surface area contributed by atoms with Gasteiger partial charge in [0.05, 0.1) is 22.1 Å². The number of hydrogen-bond acceptors (Lipinski definition) is 2. The summed E-state index contributed by atoms with van der Waals surface area (Å²) >= 11 is 0. The van der Waals surface area contributed by atoms with Crippen LogP contribution in [0.3, 0.4) is 0 Å². The van der Waals surface area contributed by atoms with Crippen molar-refractivity contribution in [3.05, 3.63) is 141 Å². The molecule has 9 rings (SSSR count). The van der Waals surface area contributed by atoms with Gasteiger partial charge in [0.15, 0.2) is 10.9 Å². The predicted molar refractivity (Wildman–Crippen MR) is 199 cm³/mol. The van der Waals surface area contributed by atoms with E-state index >= 15 is 0 Å². The molecule has 2 aromatic heterocycles. The lowest BCUT2D eigenvalue weighted by Crippen LogP contribution is -2.15. The molecule has 0 saturated heterocycles. The van der Waals surface area contributed by atoms with E-state index in [1.54, 1.807) is 0 Å². The highest BCUT2D eigenvalue weighted by molar-refractivity contribution is 6.05. The zero-order valence-corrected chi connectivity index (χ0v) is 27.3. The Morgan fingerprint density at radius 1 is 0.396 bits per heavy atom. The molecule has 7 aromatic rings. The topological polar surface area (TPSA) is 44.0 Å². The summed E-state index contributed by atoms with van der Waals surface area (Å²) in [4.78, 5) is 28.8. The van der Waals surface area contributed by atoms with Gasteiger partial charge in [-0.15, -0.1) is 0 Å². The Kier molecular flexibility index (Phi) is 7.26. The van der Waals surface area contributed by atoms with Crippen molar-refractivity contribution in [2.24, 2.45) is 0 Å². The van der Waals surface area contributed by atoms with Gasteiger partial charge in [0.2, 0.25) is 0 Å². The van der Waals surface area contributed by atoms with Crippen molar-refractivity contribution >= 4 is 43.6 Å². The maximum Gasteiger partial charge on any atom is 0.197 e. The second kappa shape index (κ2) is 11.9. The molecule has 48 heavy (non-hydrogen) atoms. The van der Waals surface area contributed by atoms with Crippen LogP contribution in [0.1, 0.15) is 87.2 Å². The van der Waals surface area contributed by atoms with Crippen LogP contribution in [0.5, 0.6) is 0 Å². The first-order valence-corrected chi connectivity index (χ1v) is 17.9. The van der Waals surface area contributed by atoms with Gasteiger partial charge in [0.25, 0.3) is 0 Å². The van der Waals surface area contributed by atoms with Gasteiger partial charge in [-0.2, -0.15) is 0 Å². The second-order valence-corrected chi connectivity index (χ2v) is 14.1. The molecule has 4 heteroatoms. The van der Waals surface area contributed by atoms with Crippen molar-refractivity contribution in [3.63, 3.8) is 0 Å². The van der Waals surface area contributed by atoms with Gasteiger partial charge >= 0.3 is 0 Å². The Balaban J connectivity index is 1.36. The van der Waals surface area contributed by atoms with Gasteiger partial charge in [0.1, 0.15) is 0 Å². The van der Waals surface area contributed by atoms with Crippen LogP contribution in [0.2, 0.25) is 0 Å². The van der Waals surface area contributed by atoms with E-state index in [2.05, 4.69) is 57.7 Å². The van der Waals surface area contributed by atoms with Crippen molar-refractivity contribution in [1.82, 2.24) is 9.13 Å². The second-order valence-electron chi connectivity index (χ2n) is 14.1. The number of para-hydroxylation sites is 2. The Morgan fingerprint density at radius 3 is 1.25 bits per heavy atom. The monoisotopic (exact) mass is 628 g/mol. The van der Waals surface area contributed by atoms with Crippen molar-refractivity contribution in [3.8, 4) is 11.4 Å². The van der Waals surface area contributed by atoms with E-state index in [4.69, 9.17) is 0 Å². The molecule has 2 fully saturated rings. The minimum absolute atomic E-state index is 0.00898. The molecule has 0 bridgehead atoms. The van der Waals surface area contributed by atoms with E-state index in [0.717, 1.165) is 33.4 Å². The summed E-state index contributed by atoms with van der Waals surface area (Å²) < 4.78 is 4.42. The van der Waals surface area contributed by atoms with Gasteiger partial charge in [-0.1, -0.05) is 87.1 Å². The van der Waals surface area contributed by atoms with Crippen molar-refractivity contribution in [1.29, 1.82) is 0 Å². The van der Waals surface area contributed by atoms with Gasteiger partial charge < -0.3 is 9.13 Å². The number of rotatable bonds is 4. The van der Waals surface area contributed by atoms with Crippen LogP contribution in [-0.4, -0.2) is 9.13 Å². The van der Waals surface area contributed by atoms with E-state index in [0.29, 0.717) is 33.4 Å². The summed E-state index contributed by atoms with van der Waals surface area (Å²) in [5.41, 5.74) is 8.00. The number of fused-ring (bicyclic) bond motifs is 4. The molecule has 0 amide bonds. The third kappa shape index (κ3) is 4.80. The van der Waals surface area contributed by atoms with Crippen molar-refractivity contribution in [2.45, 2.75) is 76.0 Å². The zero-order valence-electron chi connectivity index (χ0n) is 27.3. The maximum absolute atomic E-state index is 14.4. The van der Waals surface area contributed by atoms with E-state index in [1.807, 2.05) is 60.7 Å². The average molecular weight is 629 g/mol. The molecule has 2 aliphatic carbocycles. The van der Waals surface area contributed by atoms with Gasteiger partial charge in [0, 0.05) is 32.9 Å². The zero-order chi connectivity index (χ0) is 32.2. The molecule has 0 spiro atoms. The first-order valence-electron chi connectivity index (χ1n) is 17.9. The molecule has 5 aromatic carbocycles. The lowest BCUT2D eigenvalue weighted by molar-refractivity contribution is 0.443. The van der Waals surface area contributed by atoms with E-state index in [1.165, 1.54) is 75.3 Å². The molecule has 0 N–H and O–H groups in total. The van der Waals surface area contributed by atoms with Gasteiger partial charge in [-0.3, -0.25) is 9.59 Å². The molecule has 0 aliphatic heterocycles. The van der Waals surface area contributed by atoms with Crippen LogP contribution in [0.25, 0.3) is 55.0 Å². The van der Waals surface area contributed by atoms with Crippen LogP contribution in [0.4, 0.5) is 0 Å². The molecule has 2 heterocycles. The molecular formula is C44H40N2O2. The fourth-order valence-corrected chi connectivity index (χ4v) is 8.85. The Hall–Kier alpha value is -4.96. The highest BCUT2D eigenvalue weighted by atomic mass is 16.1. The fourth-order valence-electron chi connectivity index (χ4n) is 8.85. The Morgan fingerprint density at radius 2 is 0.812 bits per heavy atom. The summed E-state index contributed by atoms with van der Waals surface area (Å²) in [5.74, 6) is 1.11. The molecule has 0 radical (unpaired) electrons. The van der Waals surface area contributed by atoms with E-state index in [9.17, 15) is 9.59 Å². The van der Waals surface area contributed by atoms with Crippen LogP contribution >= 0.6 is 0 Å². The number of hydrogen-bond donors (Lipinski definition) is 0. The molecule has 2 saturated carbocycles. The summed E-state index contributed by atoms with van der Waals surface area (Å²) in [6, 6.07) is 37.5. The Bertz CT molecular complexity index is 2300. The van der Waals surface area contributed by atoms with Crippen molar-refractivity contribution in [2.75, 3.05) is 0 Å². The maximum atomic E-state index is 14.4. The lowest BCUT2D eigenvalue weighted by Gasteiger charge is -2.24. The van der Waals surface area contributed by atoms with Crippen LogP contribution in [-0.2, 0) is 0 Å². The largest absolute Gasteiger partial charge is 0.309 e. The first-order chi connectivity index (χ1) is 23.7. The van der Waals surface area contributed by atoms with E-state index in [-0.39, 0.29) is 10.9 Å². The quantitative estimate of drug-likeness (QED) is 0.182. The first kappa shape index (κ1) is 29.2. The summed E-state index contributed by atoms with van der Waals surface area (Å²) in [6.07, 6.45) is 12.6. The minimum atomic E-state index is -0.00898. The highest BCUT2D eigenvalue weighted by Crippen LogP contribution is 2.37. The summed E-state index contributed by atoms with van der Waals surface area (Å²) in [5, 5.41) is 2.61. The number of aromatic nitrogens is 2. The van der Waals surface area contributed by atoms with Gasteiger partial charge in [-0.25, -0.2) is 0 Å². The minimum Gasteiger partial charge on any atom is -0.309 e. The lowest BCUT2D eigenvalue weighted by atomic mass is 9.84. The normalized spacial score (nSPS) is 16.3. The SMILES string of the molecule is O=c1c2ccccc2n(-c2cccc(C3CCCCC3)c2)c2cc3c(=O)c4ccccc4n(-c4cccc(C5CCCCC5)c4)c3cc12. The standard InChI is InChI=1S/C44H40N2O2/c47-43-35-21-7-9-23-39(35)45(33-19-11-17-31(25-33)29-13-3-1-4-14-29)41-27-38-42(28-37(41)43)46(40-24-10-8-22-36(40)44(38)48)34-20-12-18-32(26-34)30-15-5-2-6-16-30/h7-12,17-30H,1-6,13-16H2. The predicted octanol–water partition coefficient (Wildman–Crippen LogP) is 10.7. The number of nitrogens with zero attached hydrogens (tertiary/aromatic N) is 2. The third-order valence-electron chi connectivity index (χ3n) is 11.3. The highest BCUT2D eigenvalue weighted by Gasteiger charge is 2.21. The molecule has 0 unspecified atom stereocenters. The molecular weight excluding hydrogens is 588 g/mol. The Labute approximate surface area is 280 Å². The number of benzene rings is 5. The van der Waals surface area contributed by atoms with Crippen LogP contribution in [0.15, 0.2) is 119 Å². The molecule has 0 atom stereocenters. The van der Waals surface area contributed by atoms with Crippen LogP contribution < -0.4 is 10.9 Å². The summed E-state index contributed by atoms with van der Waals surface area (Å²) in [6.45, 7) is 0. The molecule has 4 nitrogen and oxygen atoms in total. The van der Waals surface area contributed by atoms with Crippen LogP contribution in [0, 0.1) is 0 Å². The fraction of sp³-hybridized carbons (Fsp3) is 0.273. The molecule has 238 valence electrons. The third-order valence-corrected chi connectivity index (χ3v) is 11.3. The summed E-state index contributed by atoms with van der Waals surface area (Å²) in [7, 11) is 0. The van der Waals surface area contributed by atoms with Crippen molar-refractivity contribution < 1.29 is 0 Å². The smallest absolute Gasteiger partial charge is 0.197 e. The average Bonchev–Trinajstić information content (AvgIpc) is 3.16. The number of pyridine rings is 2. The van der Waals surface area contributed by atoms with E-state index < -0.39 is 0 Å². The molecule has 2 aliphatic rings. The van der Waals surface area contributed by atoms with Gasteiger partial charge in [-0.05, 0) is 109 Å².